The van der Waals surface area contributed by atoms with Crippen molar-refractivity contribution in [3.63, 3.8) is 0 Å². The van der Waals surface area contributed by atoms with Gasteiger partial charge in [-0.2, -0.15) is 0 Å². The maximum Gasteiger partial charge on any atom is 0.275 e. The molecule has 1 heterocycles. The smallest absolute Gasteiger partial charge is 0.275 e. The molecule has 0 aliphatic heterocycles. The molecule has 0 spiro atoms. The van der Waals surface area contributed by atoms with Gasteiger partial charge < -0.3 is 5.32 Å². The molecule has 0 aliphatic carbocycles. The lowest BCUT2D eigenvalue weighted by molar-refractivity contribution is 0.102. The molecule has 0 saturated heterocycles. The maximum absolute atomic E-state index is 11.8. The van der Waals surface area contributed by atoms with Crippen LogP contribution in [0.1, 0.15) is 10.5 Å². The SMILES string of the molecule is O=C(Nc1c(Cl)cc(Br)cc1Cl)c1cscn1. The summed E-state index contributed by atoms with van der Waals surface area (Å²) in [6, 6.07) is 3.31. The third kappa shape index (κ3) is 2.98. The lowest BCUT2D eigenvalue weighted by Crippen LogP contribution is -2.12. The molecule has 0 aliphatic rings. The third-order valence-corrected chi connectivity index (χ3v) is 3.55. The van der Waals surface area contributed by atoms with Crippen LogP contribution in [0.4, 0.5) is 5.69 Å². The van der Waals surface area contributed by atoms with Gasteiger partial charge in [-0.1, -0.05) is 39.1 Å². The Morgan fingerprint density at radius 3 is 2.53 bits per heavy atom. The van der Waals surface area contributed by atoms with E-state index < -0.39 is 0 Å². The van der Waals surface area contributed by atoms with E-state index in [0.29, 0.717) is 21.4 Å². The van der Waals surface area contributed by atoms with Gasteiger partial charge in [-0.25, -0.2) is 4.98 Å². The van der Waals surface area contributed by atoms with E-state index in [-0.39, 0.29) is 5.91 Å². The number of anilines is 1. The number of hydrogen-bond donors (Lipinski definition) is 1. The zero-order valence-corrected chi connectivity index (χ0v) is 12.1. The largest absolute Gasteiger partial charge is 0.318 e. The van der Waals surface area contributed by atoms with Gasteiger partial charge in [-0.3, -0.25) is 4.79 Å². The van der Waals surface area contributed by atoms with E-state index in [0.717, 1.165) is 4.47 Å². The van der Waals surface area contributed by atoms with Crippen LogP contribution in [0.3, 0.4) is 0 Å². The number of carbonyl (C=O) groups is 1. The van der Waals surface area contributed by atoms with Gasteiger partial charge in [0.2, 0.25) is 0 Å². The van der Waals surface area contributed by atoms with Gasteiger partial charge in [-0.05, 0) is 12.1 Å². The molecule has 7 heteroatoms. The summed E-state index contributed by atoms with van der Waals surface area (Å²) in [6.07, 6.45) is 0. The van der Waals surface area contributed by atoms with E-state index in [1.165, 1.54) is 11.3 Å². The molecular formula is C10H5BrCl2N2OS. The van der Waals surface area contributed by atoms with Gasteiger partial charge in [0.25, 0.3) is 5.91 Å². The molecule has 1 amide bonds. The highest BCUT2D eigenvalue weighted by atomic mass is 79.9. The van der Waals surface area contributed by atoms with Crippen molar-refractivity contribution in [1.82, 2.24) is 4.98 Å². The first-order chi connectivity index (χ1) is 8.08. The fraction of sp³-hybridized carbons (Fsp3) is 0. The second-order valence-corrected chi connectivity index (χ2v) is 5.52. The van der Waals surface area contributed by atoms with Gasteiger partial charge >= 0.3 is 0 Å². The zero-order chi connectivity index (χ0) is 12.4. The lowest BCUT2D eigenvalue weighted by atomic mass is 10.3. The first-order valence-corrected chi connectivity index (χ1v) is 6.91. The Balaban J connectivity index is 2.28. The van der Waals surface area contributed by atoms with Gasteiger partial charge in [0.05, 0.1) is 21.2 Å². The summed E-state index contributed by atoms with van der Waals surface area (Å²) in [5.41, 5.74) is 2.30. The van der Waals surface area contributed by atoms with E-state index in [1.54, 1.807) is 23.0 Å². The third-order valence-electron chi connectivity index (χ3n) is 1.91. The van der Waals surface area contributed by atoms with E-state index in [2.05, 4.69) is 26.2 Å². The molecule has 2 rings (SSSR count). The summed E-state index contributed by atoms with van der Waals surface area (Å²) in [6.45, 7) is 0. The van der Waals surface area contributed by atoms with E-state index in [1.807, 2.05) is 0 Å². The minimum Gasteiger partial charge on any atom is -0.318 e. The maximum atomic E-state index is 11.8. The zero-order valence-electron chi connectivity index (χ0n) is 8.21. The van der Waals surface area contributed by atoms with Crippen LogP contribution in [0.5, 0.6) is 0 Å². The molecule has 0 saturated carbocycles. The number of carbonyl (C=O) groups excluding carboxylic acids is 1. The summed E-state index contributed by atoms with van der Waals surface area (Å²) in [7, 11) is 0. The highest BCUT2D eigenvalue weighted by molar-refractivity contribution is 9.10. The van der Waals surface area contributed by atoms with Crippen molar-refractivity contribution >= 4 is 62.1 Å². The Hall–Kier alpha value is -0.620. The summed E-state index contributed by atoms with van der Waals surface area (Å²) in [4.78, 5) is 15.7. The first kappa shape index (κ1) is 12.8. The molecule has 88 valence electrons. The van der Waals surface area contributed by atoms with Gasteiger partial charge in [0, 0.05) is 9.85 Å². The van der Waals surface area contributed by atoms with E-state index in [4.69, 9.17) is 23.2 Å². The number of benzene rings is 1. The van der Waals surface area contributed by atoms with Crippen molar-refractivity contribution in [3.05, 3.63) is 43.2 Å². The Morgan fingerprint density at radius 1 is 1.35 bits per heavy atom. The van der Waals surface area contributed by atoms with Crippen LogP contribution in [-0.4, -0.2) is 10.9 Å². The average Bonchev–Trinajstić information content (AvgIpc) is 2.76. The van der Waals surface area contributed by atoms with Crippen LogP contribution in [0.2, 0.25) is 10.0 Å². The highest BCUT2D eigenvalue weighted by Gasteiger charge is 2.13. The standard InChI is InChI=1S/C10H5BrCl2N2OS/c11-5-1-6(12)9(7(13)2-5)15-10(16)8-3-17-4-14-8/h1-4H,(H,15,16). The monoisotopic (exact) mass is 350 g/mol. The molecule has 0 unspecified atom stereocenters. The van der Waals surface area contributed by atoms with Crippen molar-refractivity contribution < 1.29 is 4.79 Å². The Bertz CT molecular complexity index is 536. The fourth-order valence-corrected chi connectivity index (χ4v) is 3.00. The molecule has 1 N–H and O–H groups in total. The number of nitrogens with one attached hydrogen (secondary N) is 1. The van der Waals surface area contributed by atoms with Crippen LogP contribution in [0, 0.1) is 0 Å². The normalized spacial score (nSPS) is 10.3. The predicted octanol–water partition coefficient (Wildman–Crippen LogP) is 4.46. The number of amides is 1. The van der Waals surface area contributed by atoms with Crippen molar-refractivity contribution in [3.8, 4) is 0 Å². The minimum absolute atomic E-state index is 0.336. The van der Waals surface area contributed by atoms with Crippen molar-refractivity contribution in [2.24, 2.45) is 0 Å². The molecule has 0 bridgehead atoms. The molecule has 1 aromatic carbocycles. The molecule has 17 heavy (non-hydrogen) atoms. The first-order valence-electron chi connectivity index (χ1n) is 4.42. The van der Waals surface area contributed by atoms with Gasteiger partial charge in [-0.15, -0.1) is 11.3 Å². The quantitative estimate of drug-likeness (QED) is 0.867. The second-order valence-electron chi connectivity index (χ2n) is 3.07. The van der Waals surface area contributed by atoms with Gasteiger partial charge in [0.15, 0.2) is 0 Å². The molecule has 2 aromatic rings. The second kappa shape index (κ2) is 5.35. The van der Waals surface area contributed by atoms with Crippen molar-refractivity contribution in [2.75, 3.05) is 5.32 Å². The van der Waals surface area contributed by atoms with Crippen LogP contribution in [0.15, 0.2) is 27.5 Å². The number of halogens is 3. The Labute approximate surface area is 120 Å². The molecule has 1 aromatic heterocycles. The number of rotatable bonds is 2. The number of thiazole rings is 1. The molecular weight excluding hydrogens is 347 g/mol. The van der Waals surface area contributed by atoms with E-state index in [9.17, 15) is 4.79 Å². The van der Waals surface area contributed by atoms with Crippen LogP contribution in [-0.2, 0) is 0 Å². The topological polar surface area (TPSA) is 42.0 Å². The molecule has 0 fully saturated rings. The van der Waals surface area contributed by atoms with Crippen molar-refractivity contribution in [1.29, 1.82) is 0 Å². The van der Waals surface area contributed by atoms with E-state index >= 15 is 0 Å². The summed E-state index contributed by atoms with van der Waals surface area (Å²) < 4.78 is 0.749. The number of aromatic nitrogens is 1. The molecule has 3 nitrogen and oxygen atoms in total. The predicted molar refractivity (Wildman–Crippen MR) is 74.2 cm³/mol. The van der Waals surface area contributed by atoms with Crippen LogP contribution < -0.4 is 5.32 Å². The minimum atomic E-state index is -0.336. The van der Waals surface area contributed by atoms with Gasteiger partial charge in [0.1, 0.15) is 5.69 Å². The average molecular weight is 352 g/mol. The summed E-state index contributed by atoms with van der Waals surface area (Å²) in [5, 5.41) is 5.01. The fourth-order valence-electron chi connectivity index (χ4n) is 1.16. The Morgan fingerprint density at radius 2 is 2.00 bits per heavy atom. The van der Waals surface area contributed by atoms with Crippen LogP contribution >= 0.6 is 50.5 Å². The lowest BCUT2D eigenvalue weighted by Gasteiger charge is -2.08. The number of nitrogens with zero attached hydrogens (tertiary/aromatic N) is 1. The van der Waals surface area contributed by atoms with Crippen LogP contribution in [0.25, 0.3) is 0 Å². The highest BCUT2D eigenvalue weighted by Crippen LogP contribution is 2.34. The van der Waals surface area contributed by atoms with Crippen molar-refractivity contribution in [2.45, 2.75) is 0 Å². The number of hydrogen-bond acceptors (Lipinski definition) is 3. The molecule has 0 radical (unpaired) electrons. The summed E-state index contributed by atoms with van der Waals surface area (Å²) >= 11 is 16.6. The summed E-state index contributed by atoms with van der Waals surface area (Å²) in [5.74, 6) is -0.336. The molecule has 0 atom stereocenters. The Kier molecular flexibility index (Phi) is 4.04.